The number of hydrogen-bond donors (Lipinski definition) is 2. The van der Waals surface area contributed by atoms with E-state index in [1.807, 2.05) is 0 Å². The van der Waals surface area contributed by atoms with Crippen LogP contribution in [0.1, 0.15) is 11.5 Å². The van der Waals surface area contributed by atoms with Gasteiger partial charge in [-0.3, -0.25) is 9.59 Å². The average molecular weight is 510 g/mol. The maximum Gasteiger partial charge on any atom is 0.360 e. The third-order valence-corrected chi connectivity index (χ3v) is 5.47. The zero-order chi connectivity index (χ0) is 26.3. The number of hydrogen-bond acceptors (Lipinski definition) is 7. The molecular formula is C19H18F8O7. The number of ether oxygens (including phenoxy) is 3. The number of carbonyl (C=O) groups excluding carboxylic acids is 2. The highest BCUT2D eigenvalue weighted by atomic mass is 19.3. The van der Waals surface area contributed by atoms with Crippen LogP contribution in [0.5, 0.6) is 0 Å². The molecule has 1 aliphatic rings. The maximum atomic E-state index is 14.6. The van der Waals surface area contributed by atoms with Crippen LogP contribution in [-0.2, 0) is 23.8 Å². The summed E-state index contributed by atoms with van der Waals surface area (Å²) in [7, 11) is 1.07. The molecule has 15 heteroatoms. The van der Waals surface area contributed by atoms with Gasteiger partial charge >= 0.3 is 36.6 Å². The van der Waals surface area contributed by atoms with Gasteiger partial charge in [0.25, 0.3) is 11.6 Å². The Hall–Kier alpha value is -2.52. The van der Waals surface area contributed by atoms with Crippen molar-refractivity contribution in [3.63, 3.8) is 0 Å². The van der Waals surface area contributed by atoms with E-state index in [0.717, 1.165) is 24.3 Å². The molecular weight excluding hydrogens is 492 g/mol. The maximum absolute atomic E-state index is 14.6. The molecule has 7 nitrogen and oxygen atoms in total. The summed E-state index contributed by atoms with van der Waals surface area (Å²) in [6.07, 6.45) is -9.86. The van der Waals surface area contributed by atoms with Gasteiger partial charge in [0.05, 0.1) is 14.2 Å². The van der Waals surface area contributed by atoms with Crippen LogP contribution in [-0.4, -0.2) is 72.6 Å². The predicted molar refractivity (Wildman–Crippen MR) is 93.1 cm³/mol. The second-order valence-corrected chi connectivity index (χ2v) is 7.28. The first-order valence-corrected chi connectivity index (χ1v) is 9.22. The third-order valence-electron chi connectivity index (χ3n) is 5.47. The molecule has 1 heterocycles. The highest BCUT2D eigenvalue weighted by Crippen LogP contribution is 2.60. The van der Waals surface area contributed by atoms with Crippen LogP contribution in [0.4, 0.5) is 35.1 Å². The van der Waals surface area contributed by atoms with Crippen LogP contribution in [0.25, 0.3) is 0 Å². The number of methoxy groups -OCH3 is 2. The van der Waals surface area contributed by atoms with Gasteiger partial charge < -0.3 is 24.4 Å². The molecule has 192 valence electrons. The SMILES string of the molecule is COC(=O)C1C(c2ccccc2)C(C(=O)OC)C(O)(C(F)(F)C(F)F)OC1(O)C(F)(F)C(F)F. The molecule has 2 rings (SSSR count). The van der Waals surface area contributed by atoms with E-state index in [-0.39, 0.29) is 0 Å². The van der Waals surface area contributed by atoms with E-state index in [4.69, 9.17) is 0 Å². The Kier molecular flexibility index (Phi) is 7.55. The van der Waals surface area contributed by atoms with Gasteiger partial charge in [0.2, 0.25) is 0 Å². The first-order chi connectivity index (χ1) is 15.5. The van der Waals surface area contributed by atoms with Crippen molar-refractivity contribution < 1.29 is 69.1 Å². The summed E-state index contributed by atoms with van der Waals surface area (Å²) < 4.78 is 124. The van der Waals surface area contributed by atoms with E-state index in [1.165, 1.54) is 6.07 Å². The number of esters is 2. The average Bonchev–Trinajstić information content (AvgIpc) is 2.77. The number of aliphatic hydroxyl groups is 2. The van der Waals surface area contributed by atoms with Gasteiger partial charge in [-0.2, -0.15) is 17.6 Å². The number of carbonyl (C=O) groups is 2. The van der Waals surface area contributed by atoms with Crippen molar-refractivity contribution in [2.24, 2.45) is 11.8 Å². The second-order valence-electron chi connectivity index (χ2n) is 7.28. The minimum atomic E-state index is -5.94. The summed E-state index contributed by atoms with van der Waals surface area (Å²) in [5, 5.41) is 21.1. The van der Waals surface area contributed by atoms with Crippen LogP contribution in [0, 0.1) is 11.8 Å². The minimum absolute atomic E-state index is 0.535. The quantitative estimate of drug-likeness (QED) is 0.430. The molecule has 0 saturated carbocycles. The zero-order valence-corrected chi connectivity index (χ0v) is 17.2. The van der Waals surface area contributed by atoms with E-state index in [2.05, 4.69) is 14.2 Å². The topological polar surface area (TPSA) is 102 Å². The molecule has 1 aromatic carbocycles. The smallest absolute Gasteiger partial charge is 0.360 e. The van der Waals surface area contributed by atoms with Crippen molar-refractivity contribution in [1.29, 1.82) is 0 Å². The Morgan fingerprint density at radius 3 is 1.50 bits per heavy atom. The standard InChI is InChI=1S/C19H18F8O7/c1-32-12(28)10-9(8-6-4-3-5-7-8)11(13(29)33-2)19(31,17(26,27)15(22)23)34-18(10,30)16(24,25)14(20)21/h3-7,9-11,14-15,30-31H,1-2H3. The fourth-order valence-corrected chi connectivity index (χ4v) is 3.83. The van der Waals surface area contributed by atoms with E-state index in [9.17, 15) is 54.9 Å². The Labute approximate surface area is 186 Å². The molecule has 1 aromatic rings. The fourth-order valence-electron chi connectivity index (χ4n) is 3.83. The van der Waals surface area contributed by atoms with E-state index in [0.29, 0.717) is 14.2 Å². The third kappa shape index (κ3) is 3.98. The van der Waals surface area contributed by atoms with Gasteiger partial charge in [0.15, 0.2) is 0 Å². The van der Waals surface area contributed by atoms with Crippen molar-refractivity contribution in [1.82, 2.24) is 0 Å². The Morgan fingerprint density at radius 1 is 0.853 bits per heavy atom. The van der Waals surface area contributed by atoms with E-state index < -0.39 is 71.5 Å². The molecule has 1 fully saturated rings. The van der Waals surface area contributed by atoms with Gasteiger partial charge in [-0.1, -0.05) is 30.3 Å². The zero-order valence-electron chi connectivity index (χ0n) is 17.2. The molecule has 0 bridgehead atoms. The highest BCUT2D eigenvalue weighted by molar-refractivity contribution is 5.81. The van der Waals surface area contributed by atoms with Gasteiger partial charge in [0, 0.05) is 5.92 Å². The minimum Gasteiger partial charge on any atom is -0.469 e. The Morgan fingerprint density at radius 2 is 1.21 bits per heavy atom. The summed E-state index contributed by atoms with van der Waals surface area (Å²) in [6, 6.07) is 5.32. The first kappa shape index (κ1) is 27.7. The van der Waals surface area contributed by atoms with E-state index in [1.54, 1.807) is 0 Å². The largest absolute Gasteiger partial charge is 0.469 e. The lowest BCUT2D eigenvalue weighted by Gasteiger charge is -2.55. The normalized spacial score (nSPS) is 30.4. The summed E-state index contributed by atoms with van der Waals surface area (Å²) in [5.74, 6) is -34.8. The van der Waals surface area contributed by atoms with Crippen molar-refractivity contribution in [3.8, 4) is 0 Å². The van der Waals surface area contributed by atoms with Crippen molar-refractivity contribution in [2.75, 3.05) is 14.2 Å². The van der Waals surface area contributed by atoms with Gasteiger partial charge in [-0.05, 0) is 5.56 Å². The highest BCUT2D eigenvalue weighted by Gasteiger charge is 2.81. The molecule has 4 atom stereocenters. The van der Waals surface area contributed by atoms with Gasteiger partial charge in [-0.15, -0.1) is 0 Å². The lowest BCUT2D eigenvalue weighted by Crippen LogP contribution is -2.76. The molecule has 1 saturated heterocycles. The lowest BCUT2D eigenvalue weighted by atomic mass is 9.65. The number of alkyl halides is 8. The molecule has 4 unspecified atom stereocenters. The molecule has 0 spiro atoms. The monoisotopic (exact) mass is 510 g/mol. The lowest BCUT2D eigenvalue weighted by molar-refractivity contribution is -0.491. The van der Waals surface area contributed by atoms with Crippen LogP contribution in [0.3, 0.4) is 0 Å². The summed E-state index contributed by atoms with van der Waals surface area (Å²) in [4.78, 5) is 25.0. The summed E-state index contributed by atoms with van der Waals surface area (Å²) in [5.41, 5.74) is -0.566. The van der Waals surface area contributed by atoms with E-state index >= 15 is 0 Å². The molecule has 1 aliphatic heterocycles. The number of rotatable bonds is 7. The molecule has 0 aliphatic carbocycles. The molecule has 0 aromatic heterocycles. The Bertz CT molecular complexity index is 848. The van der Waals surface area contributed by atoms with Crippen LogP contribution in [0.2, 0.25) is 0 Å². The molecule has 2 N–H and O–H groups in total. The summed E-state index contributed by atoms with van der Waals surface area (Å²) >= 11 is 0. The molecule has 34 heavy (non-hydrogen) atoms. The summed E-state index contributed by atoms with van der Waals surface area (Å²) in [6.45, 7) is 0. The van der Waals surface area contributed by atoms with Crippen molar-refractivity contribution in [3.05, 3.63) is 35.9 Å². The van der Waals surface area contributed by atoms with Crippen molar-refractivity contribution in [2.45, 2.75) is 42.2 Å². The molecule has 0 amide bonds. The van der Waals surface area contributed by atoms with Gasteiger partial charge in [-0.25, -0.2) is 17.6 Å². The van der Waals surface area contributed by atoms with Crippen LogP contribution in [0.15, 0.2) is 30.3 Å². The fraction of sp³-hybridized carbons (Fsp3) is 0.579. The van der Waals surface area contributed by atoms with Crippen molar-refractivity contribution >= 4 is 11.9 Å². The second kappa shape index (κ2) is 9.26. The molecule has 0 radical (unpaired) electrons. The number of halogens is 8. The predicted octanol–water partition coefficient (Wildman–Crippen LogP) is 2.56. The Balaban J connectivity index is 3.05. The number of benzene rings is 1. The van der Waals surface area contributed by atoms with Crippen LogP contribution < -0.4 is 0 Å². The first-order valence-electron chi connectivity index (χ1n) is 9.22. The van der Waals surface area contributed by atoms with Crippen LogP contribution >= 0.6 is 0 Å². The van der Waals surface area contributed by atoms with Gasteiger partial charge in [0.1, 0.15) is 11.8 Å².